The Kier molecular flexibility index (Phi) is 4.79. The summed E-state index contributed by atoms with van der Waals surface area (Å²) in [5.74, 6) is -0.0481. The second-order valence-electron chi connectivity index (χ2n) is 6.53. The molecule has 1 aromatic carbocycles. The first kappa shape index (κ1) is 14.8. The summed E-state index contributed by atoms with van der Waals surface area (Å²) < 4.78 is 14.5. The van der Waals surface area contributed by atoms with Crippen molar-refractivity contribution in [3.05, 3.63) is 29.6 Å². The normalized spacial score (nSPS) is 22.6. The van der Waals surface area contributed by atoms with E-state index in [0.717, 1.165) is 24.3 Å². The summed E-state index contributed by atoms with van der Waals surface area (Å²) in [4.78, 5) is 2.35. The first-order chi connectivity index (χ1) is 10.3. The van der Waals surface area contributed by atoms with Gasteiger partial charge in [-0.1, -0.05) is 25.5 Å². The van der Waals surface area contributed by atoms with Crippen molar-refractivity contribution in [1.29, 1.82) is 0 Å². The van der Waals surface area contributed by atoms with Crippen LogP contribution in [0.25, 0.3) is 0 Å². The standard InChI is InChI=1S/C18H27FN2/c1-2-6-16-8-3-4-12-21(16)18-14(7-5-9-17(18)19)13-20-15-10-11-15/h5,7,9,15-16,20H,2-4,6,8,10-13H2,1H3. The predicted molar refractivity (Wildman–Crippen MR) is 86.2 cm³/mol. The Morgan fingerprint density at radius 3 is 2.86 bits per heavy atom. The molecule has 21 heavy (non-hydrogen) atoms. The van der Waals surface area contributed by atoms with Crippen molar-refractivity contribution in [3.63, 3.8) is 0 Å². The SMILES string of the molecule is CCCC1CCCCN1c1c(F)cccc1CNC1CC1. The van der Waals surface area contributed by atoms with Gasteiger partial charge in [0.1, 0.15) is 5.82 Å². The van der Waals surface area contributed by atoms with Crippen LogP contribution in [0, 0.1) is 5.82 Å². The van der Waals surface area contributed by atoms with E-state index in [1.165, 1.54) is 44.9 Å². The fourth-order valence-electron chi connectivity index (χ4n) is 3.49. The fourth-order valence-corrected chi connectivity index (χ4v) is 3.49. The minimum atomic E-state index is -0.0481. The Bertz CT molecular complexity index is 468. The summed E-state index contributed by atoms with van der Waals surface area (Å²) in [5, 5.41) is 3.53. The molecular formula is C18H27FN2. The number of halogens is 1. The second kappa shape index (κ2) is 6.78. The topological polar surface area (TPSA) is 15.3 Å². The molecule has 0 bridgehead atoms. The summed E-state index contributed by atoms with van der Waals surface area (Å²) in [5.41, 5.74) is 1.99. The van der Waals surface area contributed by atoms with E-state index in [0.29, 0.717) is 12.1 Å². The van der Waals surface area contributed by atoms with Gasteiger partial charge >= 0.3 is 0 Å². The molecule has 1 saturated heterocycles. The lowest BCUT2D eigenvalue weighted by Gasteiger charge is -2.39. The van der Waals surface area contributed by atoms with Gasteiger partial charge in [0.05, 0.1) is 5.69 Å². The number of piperidine rings is 1. The molecule has 1 unspecified atom stereocenters. The Balaban J connectivity index is 1.83. The molecule has 1 atom stereocenters. The quantitative estimate of drug-likeness (QED) is 0.843. The highest BCUT2D eigenvalue weighted by Gasteiger charge is 2.27. The number of nitrogens with zero attached hydrogens (tertiary/aromatic N) is 1. The zero-order chi connectivity index (χ0) is 14.7. The molecule has 1 heterocycles. The van der Waals surface area contributed by atoms with Crippen LogP contribution in [-0.2, 0) is 6.54 Å². The van der Waals surface area contributed by atoms with Gasteiger partial charge in [0.2, 0.25) is 0 Å². The number of hydrogen-bond acceptors (Lipinski definition) is 2. The molecule has 1 aliphatic heterocycles. The molecule has 2 aliphatic rings. The summed E-state index contributed by atoms with van der Waals surface area (Å²) in [7, 11) is 0. The smallest absolute Gasteiger partial charge is 0.146 e. The van der Waals surface area contributed by atoms with E-state index >= 15 is 0 Å². The Hall–Kier alpha value is -1.09. The second-order valence-corrected chi connectivity index (χ2v) is 6.53. The van der Waals surface area contributed by atoms with Crippen molar-refractivity contribution in [2.75, 3.05) is 11.4 Å². The molecular weight excluding hydrogens is 263 g/mol. The van der Waals surface area contributed by atoms with Crippen molar-refractivity contribution >= 4 is 5.69 Å². The Labute approximate surface area is 127 Å². The summed E-state index contributed by atoms with van der Waals surface area (Å²) >= 11 is 0. The number of hydrogen-bond donors (Lipinski definition) is 1. The van der Waals surface area contributed by atoms with Gasteiger partial charge in [0.25, 0.3) is 0 Å². The number of anilines is 1. The minimum absolute atomic E-state index is 0.0481. The first-order valence-corrected chi connectivity index (χ1v) is 8.57. The lowest BCUT2D eigenvalue weighted by atomic mass is 9.96. The summed E-state index contributed by atoms with van der Waals surface area (Å²) in [6.07, 6.45) is 8.56. The molecule has 116 valence electrons. The molecule has 2 fully saturated rings. The average molecular weight is 290 g/mol. The molecule has 1 aromatic rings. The van der Waals surface area contributed by atoms with Crippen LogP contribution >= 0.6 is 0 Å². The third-order valence-electron chi connectivity index (χ3n) is 4.77. The maximum atomic E-state index is 14.5. The zero-order valence-electron chi connectivity index (χ0n) is 13.1. The first-order valence-electron chi connectivity index (χ1n) is 8.57. The number of benzene rings is 1. The van der Waals surface area contributed by atoms with E-state index in [2.05, 4.69) is 23.2 Å². The molecule has 0 amide bonds. The van der Waals surface area contributed by atoms with E-state index in [4.69, 9.17) is 0 Å². The fraction of sp³-hybridized carbons (Fsp3) is 0.667. The Morgan fingerprint density at radius 2 is 2.10 bits per heavy atom. The largest absolute Gasteiger partial charge is 0.366 e. The van der Waals surface area contributed by atoms with Gasteiger partial charge in [-0.3, -0.25) is 0 Å². The molecule has 1 saturated carbocycles. The summed E-state index contributed by atoms with van der Waals surface area (Å²) in [6, 6.07) is 6.73. The molecule has 0 spiro atoms. The average Bonchev–Trinajstić information content (AvgIpc) is 3.31. The van der Waals surface area contributed by atoms with Gasteiger partial charge in [0, 0.05) is 25.2 Å². The van der Waals surface area contributed by atoms with Crippen LogP contribution in [0.5, 0.6) is 0 Å². The predicted octanol–water partition coefficient (Wildman–Crippen LogP) is 4.24. The van der Waals surface area contributed by atoms with E-state index in [-0.39, 0.29) is 5.82 Å². The summed E-state index contributed by atoms with van der Waals surface area (Å²) in [6.45, 7) is 4.03. The number of nitrogens with one attached hydrogen (secondary N) is 1. The molecule has 0 aromatic heterocycles. The van der Waals surface area contributed by atoms with Crippen LogP contribution < -0.4 is 10.2 Å². The van der Waals surface area contributed by atoms with Gasteiger partial charge < -0.3 is 10.2 Å². The van der Waals surface area contributed by atoms with Crippen molar-refractivity contribution in [3.8, 4) is 0 Å². The van der Waals surface area contributed by atoms with Crippen LogP contribution in [0.1, 0.15) is 57.4 Å². The van der Waals surface area contributed by atoms with Gasteiger partial charge in [-0.15, -0.1) is 0 Å². The zero-order valence-corrected chi connectivity index (χ0v) is 13.1. The maximum Gasteiger partial charge on any atom is 0.146 e. The molecule has 1 aliphatic carbocycles. The van der Waals surface area contributed by atoms with Crippen molar-refractivity contribution < 1.29 is 4.39 Å². The van der Waals surface area contributed by atoms with Crippen LogP contribution in [0.3, 0.4) is 0 Å². The molecule has 3 rings (SSSR count). The highest BCUT2D eigenvalue weighted by Crippen LogP contribution is 2.32. The number of para-hydroxylation sites is 1. The third-order valence-corrected chi connectivity index (χ3v) is 4.77. The van der Waals surface area contributed by atoms with Crippen LogP contribution in [0.2, 0.25) is 0 Å². The van der Waals surface area contributed by atoms with Gasteiger partial charge in [-0.25, -0.2) is 4.39 Å². The lowest BCUT2D eigenvalue weighted by Crippen LogP contribution is -2.41. The van der Waals surface area contributed by atoms with Gasteiger partial charge in [0.15, 0.2) is 0 Å². The van der Waals surface area contributed by atoms with Gasteiger partial charge in [-0.2, -0.15) is 0 Å². The monoisotopic (exact) mass is 290 g/mol. The van der Waals surface area contributed by atoms with E-state index in [1.54, 1.807) is 6.07 Å². The minimum Gasteiger partial charge on any atom is -0.366 e. The van der Waals surface area contributed by atoms with Crippen LogP contribution in [0.4, 0.5) is 10.1 Å². The van der Waals surface area contributed by atoms with E-state index in [9.17, 15) is 4.39 Å². The van der Waals surface area contributed by atoms with E-state index < -0.39 is 0 Å². The molecule has 3 heteroatoms. The highest BCUT2D eigenvalue weighted by atomic mass is 19.1. The highest BCUT2D eigenvalue weighted by molar-refractivity contribution is 5.56. The Morgan fingerprint density at radius 1 is 1.24 bits per heavy atom. The van der Waals surface area contributed by atoms with Crippen LogP contribution in [-0.4, -0.2) is 18.6 Å². The van der Waals surface area contributed by atoms with Crippen molar-refractivity contribution in [2.45, 2.75) is 70.5 Å². The van der Waals surface area contributed by atoms with Crippen molar-refractivity contribution in [1.82, 2.24) is 5.32 Å². The van der Waals surface area contributed by atoms with Crippen LogP contribution in [0.15, 0.2) is 18.2 Å². The molecule has 1 N–H and O–H groups in total. The van der Waals surface area contributed by atoms with E-state index in [1.807, 2.05) is 6.07 Å². The maximum absolute atomic E-state index is 14.5. The molecule has 2 nitrogen and oxygen atoms in total. The van der Waals surface area contributed by atoms with Gasteiger partial charge in [-0.05, 0) is 50.2 Å². The lowest BCUT2D eigenvalue weighted by molar-refractivity contribution is 0.427. The molecule has 0 radical (unpaired) electrons. The number of rotatable bonds is 6. The van der Waals surface area contributed by atoms with Crippen molar-refractivity contribution in [2.24, 2.45) is 0 Å². The third kappa shape index (κ3) is 3.57.